The maximum atomic E-state index is 4.48. The van der Waals surface area contributed by atoms with Crippen molar-refractivity contribution in [1.82, 2.24) is 15.3 Å². The van der Waals surface area contributed by atoms with Crippen LogP contribution >= 0.6 is 0 Å². The first kappa shape index (κ1) is 13.3. The lowest BCUT2D eigenvalue weighted by atomic mass is 9.96. The zero-order chi connectivity index (χ0) is 13.2. The van der Waals surface area contributed by atoms with Gasteiger partial charge in [0, 0.05) is 26.2 Å². The molecule has 0 bridgehead atoms. The van der Waals surface area contributed by atoms with E-state index in [9.17, 15) is 0 Å². The summed E-state index contributed by atoms with van der Waals surface area (Å²) in [6.07, 6.45) is 6.36. The van der Waals surface area contributed by atoms with E-state index in [4.69, 9.17) is 0 Å². The van der Waals surface area contributed by atoms with Crippen molar-refractivity contribution in [2.24, 2.45) is 5.41 Å². The Labute approximate surface area is 110 Å². The molecule has 1 aromatic heterocycles. The van der Waals surface area contributed by atoms with Gasteiger partial charge in [-0.25, -0.2) is 4.98 Å². The Bertz CT molecular complexity index is 376. The Balaban J connectivity index is 1.89. The molecule has 1 aliphatic rings. The van der Waals surface area contributed by atoms with Crippen molar-refractivity contribution in [3.8, 4) is 0 Å². The largest absolute Gasteiger partial charge is 0.358 e. The number of anilines is 1. The summed E-state index contributed by atoms with van der Waals surface area (Å²) in [4.78, 5) is 11.1. The maximum absolute atomic E-state index is 4.48. The SMILES string of the molecule is CN(CC(C)(C)C)c1cnc(CNC2CC2)cn1. The van der Waals surface area contributed by atoms with Crippen molar-refractivity contribution in [3.05, 3.63) is 18.1 Å². The molecule has 0 radical (unpaired) electrons. The van der Waals surface area contributed by atoms with Crippen LogP contribution in [-0.4, -0.2) is 29.6 Å². The van der Waals surface area contributed by atoms with Crippen LogP contribution in [0.3, 0.4) is 0 Å². The number of nitrogens with one attached hydrogen (secondary N) is 1. The minimum absolute atomic E-state index is 0.266. The van der Waals surface area contributed by atoms with Gasteiger partial charge in [-0.1, -0.05) is 20.8 Å². The van der Waals surface area contributed by atoms with Crippen LogP contribution in [0.25, 0.3) is 0 Å². The van der Waals surface area contributed by atoms with E-state index in [1.807, 2.05) is 12.4 Å². The fourth-order valence-electron chi connectivity index (χ4n) is 1.97. The summed E-state index contributed by atoms with van der Waals surface area (Å²) in [5.41, 5.74) is 1.29. The molecule has 100 valence electrons. The number of rotatable bonds is 5. The molecule has 18 heavy (non-hydrogen) atoms. The Morgan fingerprint density at radius 1 is 1.28 bits per heavy atom. The van der Waals surface area contributed by atoms with E-state index < -0.39 is 0 Å². The topological polar surface area (TPSA) is 41.1 Å². The first-order valence-electron chi connectivity index (χ1n) is 6.69. The molecule has 0 saturated heterocycles. The van der Waals surface area contributed by atoms with Gasteiger partial charge in [0.05, 0.1) is 18.1 Å². The Morgan fingerprint density at radius 2 is 2.00 bits per heavy atom. The summed E-state index contributed by atoms with van der Waals surface area (Å²) >= 11 is 0. The summed E-state index contributed by atoms with van der Waals surface area (Å²) < 4.78 is 0. The van der Waals surface area contributed by atoms with Crippen LogP contribution in [0.1, 0.15) is 39.3 Å². The van der Waals surface area contributed by atoms with Crippen molar-refractivity contribution in [1.29, 1.82) is 0 Å². The molecule has 1 N–H and O–H groups in total. The molecule has 0 aliphatic heterocycles. The molecule has 0 amide bonds. The van der Waals surface area contributed by atoms with Gasteiger partial charge in [-0.3, -0.25) is 4.98 Å². The lowest BCUT2D eigenvalue weighted by molar-refractivity contribution is 0.417. The molecule has 0 atom stereocenters. The second-order valence-electron chi connectivity index (χ2n) is 6.44. The predicted octanol–water partition coefficient (Wildman–Crippen LogP) is 2.21. The fourth-order valence-corrected chi connectivity index (χ4v) is 1.97. The Kier molecular flexibility index (Phi) is 3.85. The van der Waals surface area contributed by atoms with Gasteiger partial charge < -0.3 is 10.2 Å². The molecule has 0 aromatic carbocycles. The van der Waals surface area contributed by atoms with Crippen LogP contribution < -0.4 is 10.2 Å². The number of hydrogen-bond acceptors (Lipinski definition) is 4. The monoisotopic (exact) mass is 248 g/mol. The summed E-state index contributed by atoms with van der Waals surface area (Å²) in [5.74, 6) is 0.945. The third-order valence-corrected chi connectivity index (χ3v) is 2.94. The van der Waals surface area contributed by atoms with Crippen molar-refractivity contribution >= 4 is 5.82 Å². The van der Waals surface area contributed by atoms with Gasteiger partial charge in [-0.05, 0) is 18.3 Å². The second kappa shape index (κ2) is 5.22. The molecule has 1 aromatic rings. The minimum Gasteiger partial charge on any atom is -0.358 e. The van der Waals surface area contributed by atoms with E-state index in [0.717, 1.165) is 30.6 Å². The zero-order valence-electron chi connectivity index (χ0n) is 11.9. The highest BCUT2D eigenvalue weighted by Crippen LogP contribution is 2.20. The highest BCUT2D eigenvalue weighted by Gasteiger charge is 2.20. The first-order valence-corrected chi connectivity index (χ1v) is 6.69. The van der Waals surface area contributed by atoms with Crippen LogP contribution in [0.4, 0.5) is 5.82 Å². The van der Waals surface area contributed by atoms with Crippen LogP contribution in [0.5, 0.6) is 0 Å². The van der Waals surface area contributed by atoms with Gasteiger partial charge >= 0.3 is 0 Å². The summed E-state index contributed by atoms with van der Waals surface area (Å²) in [5, 5.41) is 3.44. The number of nitrogens with zero attached hydrogens (tertiary/aromatic N) is 3. The van der Waals surface area contributed by atoms with E-state index in [0.29, 0.717) is 0 Å². The van der Waals surface area contributed by atoms with Crippen LogP contribution in [0, 0.1) is 5.41 Å². The molecule has 0 spiro atoms. The smallest absolute Gasteiger partial charge is 0.146 e. The molecule has 1 fully saturated rings. The highest BCUT2D eigenvalue weighted by molar-refractivity contribution is 5.34. The van der Waals surface area contributed by atoms with Gasteiger partial charge in [0.1, 0.15) is 5.82 Å². The third-order valence-electron chi connectivity index (χ3n) is 2.94. The van der Waals surface area contributed by atoms with Crippen molar-refractivity contribution in [2.45, 2.75) is 46.2 Å². The average Bonchev–Trinajstić information content (AvgIpc) is 3.08. The van der Waals surface area contributed by atoms with E-state index >= 15 is 0 Å². The molecule has 4 nitrogen and oxygen atoms in total. The lowest BCUT2D eigenvalue weighted by Crippen LogP contribution is -2.29. The van der Waals surface area contributed by atoms with E-state index in [2.05, 4.69) is 48.0 Å². The fraction of sp³-hybridized carbons (Fsp3) is 0.714. The predicted molar refractivity (Wildman–Crippen MR) is 74.6 cm³/mol. The Hall–Kier alpha value is -1.16. The standard InChI is InChI=1S/C14H24N4/c1-14(2,3)10-18(4)13-9-16-12(8-17-13)7-15-11-5-6-11/h8-9,11,15H,5-7,10H2,1-4H3. The first-order chi connectivity index (χ1) is 8.44. The lowest BCUT2D eigenvalue weighted by Gasteiger charge is -2.27. The van der Waals surface area contributed by atoms with Gasteiger partial charge in [0.2, 0.25) is 0 Å². The van der Waals surface area contributed by atoms with Gasteiger partial charge in [-0.15, -0.1) is 0 Å². The summed E-state index contributed by atoms with van der Waals surface area (Å²) in [6.45, 7) is 8.49. The van der Waals surface area contributed by atoms with Gasteiger partial charge in [0.15, 0.2) is 0 Å². The normalized spacial score (nSPS) is 15.8. The zero-order valence-corrected chi connectivity index (χ0v) is 11.9. The molecule has 4 heteroatoms. The van der Waals surface area contributed by atoms with Gasteiger partial charge in [-0.2, -0.15) is 0 Å². The highest BCUT2D eigenvalue weighted by atomic mass is 15.2. The number of aromatic nitrogens is 2. The van der Waals surface area contributed by atoms with E-state index in [1.165, 1.54) is 12.8 Å². The Morgan fingerprint density at radius 3 is 2.50 bits per heavy atom. The average molecular weight is 248 g/mol. The van der Waals surface area contributed by atoms with Crippen LogP contribution in [0.15, 0.2) is 12.4 Å². The van der Waals surface area contributed by atoms with E-state index in [-0.39, 0.29) is 5.41 Å². The van der Waals surface area contributed by atoms with E-state index in [1.54, 1.807) is 0 Å². The van der Waals surface area contributed by atoms with Crippen molar-refractivity contribution < 1.29 is 0 Å². The molecule has 1 aliphatic carbocycles. The van der Waals surface area contributed by atoms with Crippen molar-refractivity contribution in [2.75, 3.05) is 18.5 Å². The third kappa shape index (κ3) is 4.26. The number of hydrogen-bond donors (Lipinski definition) is 1. The summed E-state index contributed by atoms with van der Waals surface area (Å²) in [6, 6.07) is 0.718. The minimum atomic E-state index is 0.266. The van der Waals surface area contributed by atoms with Crippen LogP contribution in [0.2, 0.25) is 0 Å². The maximum Gasteiger partial charge on any atom is 0.146 e. The summed E-state index contributed by atoms with van der Waals surface area (Å²) in [7, 11) is 2.07. The molecular formula is C14H24N4. The second-order valence-corrected chi connectivity index (χ2v) is 6.44. The van der Waals surface area contributed by atoms with Crippen molar-refractivity contribution in [3.63, 3.8) is 0 Å². The molecule has 2 rings (SSSR count). The molecule has 0 unspecified atom stereocenters. The molecule has 1 heterocycles. The molecular weight excluding hydrogens is 224 g/mol. The van der Waals surface area contributed by atoms with Crippen LogP contribution in [-0.2, 0) is 6.54 Å². The quantitative estimate of drug-likeness (QED) is 0.867. The van der Waals surface area contributed by atoms with Gasteiger partial charge in [0.25, 0.3) is 0 Å². The molecule has 1 saturated carbocycles.